The number of halogens is 4. The van der Waals surface area contributed by atoms with Crippen LogP contribution in [0.5, 0.6) is 5.75 Å². The molecule has 0 bridgehead atoms. The zero-order valence-corrected chi connectivity index (χ0v) is 16.7. The average Bonchev–Trinajstić information content (AvgIpc) is 2.72. The van der Waals surface area contributed by atoms with Gasteiger partial charge >= 0.3 is 18.1 Å². The fourth-order valence-electron chi connectivity index (χ4n) is 3.79. The maximum atomic E-state index is 15.1. The van der Waals surface area contributed by atoms with Gasteiger partial charge < -0.3 is 18.9 Å². The Labute approximate surface area is 177 Å². The second-order valence-corrected chi connectivity index (χ2v) is 7.57. The second-order valence-electron chi connectivity index (χ2n) is 7.57. The highest BCUT2D eigenvalue weighted by molar-refractivity contribution is 6.01. The molecule has 2 N–H and O–H groups in total. The number of alkyl halides is 3. The first-order valence-corrected chi connectivity index (χ1v) is 9.61. The zero-order chi connectivity index (χ0) is 23.4. The van der Waals surface area contributed by atoms with Crippen molar-refractivity contribution in [3.8, 4) is 5.75 Å². The van der Waals surface area contributed by atoms with E-state index in [9.17, 15) is 27.6 Å². The van der Waals surface area contributed by atoms with Gasteiger partial charge in [0.05, 0.1) is 16.9 Å². The molecule has 2 aliphatic rings. The molecule has 1 aromatic carbocycles. The van der Waals surface area contributed by atoms with E-state index < -0.39 is 41.0 Å². The van der Waals surface area contributed by atoms with Gasteiger partial charge in [-0.3, -0.25) is 10.6 Å². The summed E-state index contributed by atoms with van der Waals surface area (Å²) in [6, 6.07) is 0.459. The zero-order valence-electron chi connectivity index (χ0n) is 16.7. The van der Waals surface area contributed by atoms with Crippen LogP contribution in [0.1, 0.15) is 23.3 Å². The largest absolute Gasteiger partial charge is 0.491 e. The summed E-state index contributed by atoms with van der Waals surface area (Å²) in [5.41, 5.74) is -1.57. The number of piperazine rings is 1. The van der Waals surface area contributed by atoms with E-state index in [0.717, 1.165) is 12.3 Å². The van der Waals surface area contributed by atoms with Gasteiger partial charge in [0.15, 0.2) is 11.6 Å². The number of rotatable bonds is 2. The van der Waals surface area contributed by atoms with E-state index in [4.69, 9.17) is 10.6 Å². The smallest absolute Gasteiger partial charge is 0.487 e. The number of ether oxygens (including phenoxy) is 2. The molecule has 32 heavy (non-hydrogen) atoms. The highest BCUT2D eigenvalue weighted by atomic mass is 19.4. The van der Waals surface area contributed by atoms with Crippen LogP contribution in [0.25, 0.3) is 10.9 Å². The molecule has 172 valence electrons. The molecule has 1 saturated heterocycles. The summed E-state index contributed by atoms with van der Waals surface area (Å²) >= 11 is 0. The predicted octanol–water partition coefficient (Wildman–Crippen LogP) is 1.34. The van der Waals surface area contributed by atoms with E-state index >= 15 is 4.39 Å². The molecule has 2 aromatic rings. The van der Waals surface area contributed by atoms with Crippen LogP contribution in [-0.4, -0.2) is 60.5 Å². The van der Waals surface area contributed by atoms with Gasteiger partial charge in [-0.25, -0.2) is 19.0 Å². The van der Waals surface area contributed by atoms with Gasteiger partial charge in [0.2, 0.25) is 5.43 Å². The topological polar surface area (TPSA) is 107 Å². The van der Waals surface area contributed by atoms with Crippen molar-refractivity contribution < 1.29 is 36.6 Å². The quantitative estimate of drug-likeness (QED) is 0.311. The van der Waals surface area contributed by atoms with Crippen LogP contribution in [0.2, 0.25) is 0 Å². The number of hydrogen-bond donors (Lipinski definition) is 1. The van der Waals surface area contributed by atoms with Crippen LogP contribution in [0, 0.1) is 5.82 Å². The molecule has 0 unspecified atom stereocenters. The molecule has 0 amide bonds. The normalized spacial score (nSPS) is 19.1. The van der Waals surface area contributed by atoms with E-state index in [0.29, 0.717) is 26.2 Å². The number of aromatic nitrogens is 1. The lowest BCUT2D eigenvalue weighted by molar-refractivity contribution is -0.193. The summed E-state index contributed by atoms with van der Waals surface area (Å²) < 4.78 is 63.5. The lowest BCUT2D eigenvalue weighted by Crippen LogP contribution is -2.49. The van der Waals surface area contributed by atoms with Gasteiger partial charge in [-0.2, -0.15) is 13.2 Å². The van der Waals surface area contributed by atoms with E-state index in [1.165, 1.54) is 4.57 Å². The van der Waals surface area contributed by atoms with Crippen LogP contribution < -0.4 is 20.9 Å². The minimum absolute atomic E-state index is 0.0498. The minimum atomic E-state index is -5.42. The van der Waals surface area contributed by atoms with Gasteiger partial charge in [-0.1, -0.05) is 0 Å². The molecule has 2 aliphatic heterocycles. The molecule has 9 nitrogen and oxygen atoms in total. The van der Waals surface area contributed by atoms with Crippen molar-refractivity contribution in [1.29, 1.82) is 0 Å². The van der Waals surface area contributed by atoms with Crippen molar-refractivity contribution in [3.05, 3.63) is 33.9 Å². The third kappa shape index (κ3) is 3.66. The van der Waals surface area contributed by atoms with E-state index in [1.54, 1.807) is 16.8 Å². The fourth-order valence-corrected chi connectivity index (χ4v) is 3.79. The molecule has 13 heteroatoms. The highest BCUT2D eigenvalue weighted by Crippen LogP contribution is 2.42. The average molecular weight is 458 g/mol. The number of carbonyl (C=O) groups is 2. The van der Waals surface area contributed by atoms with Gasteiger partial charge in [-0.05, 0) is 13.0 Å². The maximum Gasteiger partial charge on any atom is 0.491 e. The molecular weight excluding hydrogens is 440 g/mol. The second kappa shape index (κ2) is 7.74. The van der Waals surface area contributed by atoms with Crippen LogP contribution in [0.15, 0.2) is 17.1 Å². The molecule has 4 rings (SSSR count). The number of carbonyl (C=O) groups excluding carboxylic acids is 2. The third-order valence-corrected chi connectivity index (χ3v) is 5.41. The van der Waals surface area contributed by atoms with Crippen molar-refractivity contribution in [3.63, 3.8) is 0 Å². The lowest BCUT2D eigenvalue weighted by Gasteiger charge is -2.36. The molecule has 0 spiro atoms. The summed E-state index contributed by atoms with van der Waals surface area (Å²) in [6.07, 6.45) is -4.41. The van der Waals surface area contributed by atoms with Gasteiger partial charge in [0.25, 0.3) is 0 Å². The van der Waals surface area contributed by atoms with Crippen LogP contribution >= 0.6 is 0 Å². The third-order valence-electron chi connectivity index (χ3n) is 5.41. The molecule has 0 aliphatic carbocycles. The van der Waals surface area contributed by atoms with Crippen molar-refractivity contribution in [2.45, 2.75) is 19.1 Å². The van der Waals surface area contributed by atoms with Gasteiger partial charge in [0, 0.05) is 32.4 Å². The Hall–Kier alpha value is -3.19. The molecule has 0 saturated carbocycles. The SMILES string of the molecule is C[C@@H]1COc2c(N3CCN(N)CC3)c(F)cc3c(=O)c(C(=O)OC(=O)C(F)(F)F)cn1c23. The summed E-state index contributed by atoms with van der Waals surface area (Å²) in [5, 5.41) is 1.30. The van der Waals surface area contributed by atoms with Crippen LogP contribution in [0.4, 0.5) is 23.2 Å². The number of benzene rings is 1. The van der Waals surface area contributed by atoms with Crippen molar-refractivity contribution in [2.75, 3.05) is 37.7 Å². The number of hydrogen-bond acceptors (Lipinski definition) is 8. The Bertz CT molecular complexity index is 1170. The van der Waals surface area contributed by atoms with E-state index in [-0.39, 0.29) is 28.9 Å². The number of nitrogens with zero attached hydrogens (tertiary/aromatic N) is 3. The van der Waals surface area contributed by atoms with Gasteiger partial charge in [0.1, 0.15) is 17.9 Å². The first-order valence-electron chi connectivity index (χ1n) is 9.61. The number of anilines is 1. The maximum absolute atomic E-state index is 15.1. The predicted molar refractivity (Wildman–Crippen MR) is 103 cm³/mol. The molecular formula is C19H18F4N4O5. The molecule has 3 heterocycles. The van der Waals surface area contributed by atoms with E-state index in [2.05, 4.69) is 4.74 Å². The first-order chi connectivity index (χ1) is 15.0. The lowest BCUT2D eigenvalue weighted by atomic mass is 10.1. The fraction of sp³-hybridized carbons (Fsp3) is 0.421. The highest BCUT2D eigenvalue weighted by Gasteiger charge is 2.43. The Morgan fingerprint density at radius 3 is 2.50 bits per heavy atom. The number of hydrazine groups is 1. The standard InChI is InChI=1S/C19H18F4N4O5/c1-9-8-31-16-13-10(6-12(20)14(16)25-2-4-26(24)5-3-25)15(28)11(7-27(9)13)17(29)32-18(30)19(21,22)23/h6-7,9H,2-5,8,24H2,1H3/t9-/m1/s1. The number of pyridine rings is 1. The Morgan fingerprint density at radius 1 is 1.22 bits per heavy atom. The van der Waals surface area contributed by atoms with Crippen molar-refractivity contribution >= 4 is 28.5 Å². The van der Waals surface area contributed by atoms with Crippen molar-refractivity contribution in [2.24, 2.45) is 5.84 Å². The molecule has 0 radical (unpaired) electrons. The molecule has 1 aromatic heterocycles. The number of esters is 2. The van der Waals surface area contributed by atoms with Crippen LogP contribution in [-0.2, 0) is 9.53 Å². The Morgan fingerprint density at radius 2 is 1.88 bits per heavy atom. The Balaban J connectivity index is 1.86. The van der Waals surface area contributed by atoms with Gasteiger partial charge in [-0.15, -0.1) is 0 Å². The molecule has 1 atom stereocenters. The van der Waals surface area contributed by atoms with E-state index in [1.807, 2.05) is 0 Å². The summed E-state index contributed by atoms with van der Waals surface area (Å²) in [6.45, 7) is 3.47. The Kier molecular flexibility index (Phi) is 5.33. The number of nitrogens with two attached hydrogens (primary N) is 1. The van der Waals surface area contributed by atoms with Crippen LogP contribution in [0.3, 0.4) is 0 Å². The first kappa shape index (κ1) is 22.0. The summed E-state index contributed by atoms with van der Waals surface area (Å²) in [5.74, 6) is 0.520. The summed E-state index contributed by atoms with van der Waals surface area (Å²) in [7, 11) is 0. The van der Waals surface area contributed by atoms with Crippen molar-refractivity contribution in [1.82, 2.24) is 9.58 Å². The minimum Gasteiger partial charge on any atom is -0.487 e. The monoisotopic (exact) mass is 458 g/mol. The molecule has 1 fully saturated rings. The summed E-state index contributed by atoms with van der Waals surface area (Å²) in [4.78, 5) is 37.8.